The van der Waals surface area contributed by atoms with Crippen LogP contribution in [0.5, 0.6) is 6.01 Å². The molecule has 0 aliphatic rings. The number of aromatic nitrogens is 4. The van der Waals surface area contributed by atoms with E-state index in [1.54, 1.807) is 5.38 Å². The molecule has 7 nitrogen and oxygen atoms in total. The molecule has 0 amide bonds. The highest BCUT2D eigenvalue weighted by molar-refractivity contribution is 7.07. The molecule has 0 aromatic carbocycles. The predicted octanol–water partition coefficient (Wildman–Crippen LogP) is 1.29. The van der Waals surface area contributed by atoms with Crippen LogP contribution in [0.25, 0.3) is 0 Å². The van der Waals surface area contributed by atoms with Crippen LogP contribution >= 0.6 is 22.9 Å². The van der Waals surface area contributed by atoms with Crippen LogP contribution in [0.4, 0.5) is 5.95 Å². The highest BCUT2D eigenvalue weighted by atomic mass is 35.5. The van der Waals surface area contributed by atoms with Gasteiger partial charge in [-0.25, -0.2) is 0 Å². The molecule has 0 saturated heterocycles. The molecule has 0 atom stereocenters. The molecular weight excluding hydrogens is 278 g/mol. The van der Waals surface area contributed by atoms with Gasteiger partial charge in [0.25, 0.3) is 0 Å². The number of hydrogen-bond donors (Lipinski definition) is 2. The van der Waals surface area contributed by atoms with E-state index in [0.717, 1.165) is 17.0 Å². The van der Waals surface area contributed by atoms with E-state index in [9.17, 15) is 4.79 Å². The fourth-order valence-electron chi connectivity index (χ4n) is 1.18. The van der Waals surface area contributed by atoms with Crippen molar-refractivity contribution in [3.8, 4) is 6.01 Å². The molecule has 2 N–H and O–H groups in total. The number of ether oxygens (including phenoxy) is 1. The van der Waals surface area contributed by atoms with Crippen LogP contribution in [0.3, 0.4) is 0 Å². The average Bonchev–Trinajstić information content (AvgIpc) is 2.72. The third kappa shape index (κ3) is 3.41. The average molecular weight is 288 g/mol. The topological polar surface area (TPSA) is 92.8 Å². The van der Waals surface area contributed by atoms with Crippen molar-refractivity contribution in [3.63, 3.8) is 0 Å². The summed E-state index contributed by atoms with van der Waals surface area (Å²) < 4.78 is 5.14. The number of hydrogen-bond acceptors (Lipinski definition) is 7. The summed E-state index contributed by atoms with van der Waals surface area (Å²) in [5.41, 5.74) is 0.750. The molecule has 0 fully saturated rings. The van der Waals surface area contributed by atoms with Gasteiger partial charge in [0.1, 0.15) is 0 Å². The zero-order chi connectivity index (χ0) is 13.0. The maximum atomic E-state index is 10.9. The lowest BCUT2D eigenvalue weighted by molar-refractivity contribution is 0.312. The Morgan fingerprint density at radius 3 is 3.00 bits per heavy atom. The molecule has 0 saturated carbocycles. The Bertz CT molecular complexity index is 584. The third-order valence-electron chi connectivity index (χ3n) is 1.87. The van der Waals surface area contributed by atoms with Gasteiger partial charge in [-0.15, -0.1) is 0 Å². The quantitative estimate of drug-likeness (QED) is 0.861. The molecule has 0 radical (unpaired) electrons. The summed E-state index contributed by atoms with van der Waals surface area (Å²) in [4.78, 5) is 25.2. The van der Waals surface area contributed by atoms with Gasteiger partial charge in [0.05, 0.1) is 13.2 Å². The van der Waals surface area contributed by atoms with Gasteiger partial charge in [-0.2, -0.15) is 15.0 Å². The Hall–Kier alpha value is -1.67. The molecule has 2 aromatic rings. The van der Waals surface area contributed by atoms with Crippen LogP contribution in [0.1, 0.15) is 12.6 Å². The van der Waals surface area contributed by atoms with Gasteiger partial charge < -0.3 is 15.0 Å². The molecule has 0 aliphatic carbocycles. The van der Waals surface area contributed by atoms with Crippen LogP contribution in [0, 0.1) is 0 Å². The number of halogens is 1. The van der Waals surface area contributed by atoms with E-state index >= 15 is 0 Å². The number of nitrogens with one attached hydrogen (secondary N) is 2. The fourth-order valence-corrected chi connectivity index (χ4v) is 1.91. The zero-order valence-electron chi connectivity index (χ0n) is 9.44. The van der Waals surface area contributed by atoms with Crippen LogP contribution in [-0.2, 0) is 6.54 Å². The SMILES string of the molecule is CCOc1nc(Cl)nc(NCc2csc(=O)[nH]2)n1. The second kappa shape index (κ2) is 5.78. The summed E-state index contributed by atoms with van der Waals surface area (Å²) >= 11 is 6.83. The Kier molecular flexibility index (Phi) is 4.11. The minimum Gasteiger partial charge on any atom is -0.464 e. The number of nitrogens with zero attached hydrogens (tertiary/aromatic N) is 3. The number of anilines is 1. The first-order chi connectivity index (χ1) is 8.67. The highest BCUT2D eigenvalue weighted by Crippen LogP contribution is 2.11. The summed E-state index contributed by atoms with van der Waals surface area (Å²) in [7, 11) is 0. The molecule has 9 heteroatoms. The number of thiazole rings is 1. The van der Waals surface area contributed by atoms with Gasteiger partial charge >= 0.3 is 10.9 Å². The molecule has 0 unspecified atom stereocenters. The van der Waals surface area contributed by atoms with E-state index in [0.29, 0.717) is 19.1 Å². The fraction of sp³-hybridized carbons (Fsp3) is 0.333. The Morgan fingerprint density at radius 2 is 2.33 bits per heavy atom. The number of H-pyrrole nitrogens is 1. The molecule has 0 bridgehead atoms. The van der Waals surface area contributed by atoms with E-state index in [-0.39, 0.29) is 16.2 Å². The molecule has 2 heterocycles. The van der Waals surface area contributed by atoms with E-state index < -0.39 is 0 Å². The minimum absolute atomic E-state index is 0.0507. The molecular formula is C9H10ClN5O2S. The number of aromatic amines is 1. The van der Waals surface area contributed by atoms with E-state index in [4.69, 9.17) is 16.3 Å². The smallest absolute Gasteiger partial charge is 0.322 e. The summed E-state index contributed by atoms with van der Waals surface area (Å²) in [6.45, 7) is 2.66. The van der Waals surface area contributed by atoms with Crippen LogP contribution in [0.2, 0.25) is 5.28 Å². The monoisotopic (exact) mass is 287 g/mol. The standard InChI is InChI=1S/C9H10ClN5O2S/c1-2-17-8-14-6(10)13-7(15-8)11-3-5-4-18-9(16)12-5/h4H,2-3H2,1H3,(H,12,16)(H,11,13,14,15). The maximum Gasteiger partial charge on any atom is 0.322 e. The molecule has 96 valence electrons. The predicted molar refractivity (Wildman–Crippen MR) is 68.3 cm³/mol. The first kappa shape index (κ1) is 12.8. The minimum atomic E-state index is -0.101. The van der Waals surface area contributed by atoms with Crippen LogP contribution in [0.15, 0.2) is 10.2 Å². The summed E-state index contributed by atoms with van der Waals surface area (Å²) in [6, 6.07) is 0.166. The third-order valence-corrected chi connectivity index (χ3v) is 2.76. The second-order valence-corrected chi connectivity index (χ2v) is 4.35. The lowest BCUT2D eigenvalue weighted by Gasteiger charge is -2.05. The van der Waals surface area contributed by atoms with Gasteiger partial charge in [-0.3, -0.25) is 4.79 Å². The van der Waals surface area contributed by atoms with Crippen molar-refractivity contribution in [1.82, 2.24) is 19.9 Å². The second-order valence-electron chi connectivity index (χ2n) is 3.17. The van der Waals surface area contributed by atoms with E-state index in [1.807, 2.05) is 6.92 Å². The largest absolute Gasteiger partial charge is 0.464 e. The van der Waals surface area contributed by atoms with E-state index in [2.05, 4.69) is 25.3 Å². The Morgan fingerprint density at radius 1 is 1.50 bits per heavy atom. The molecule has 0 aliphatic heterocycles. The van der Waals surface area contributed by atoms with Crippen LogP contribution < -0.4 is 14.9 Å². The van der Waals surface area contributed by atoms with Crippen molar-refractivity contribution in [1.29, 1.82) is 0 Å². The zero-order valence-corrected chi connectivity index (χ0v) is 11.0. The van der Waals surface area contributed by atoms with Crippen LogP contribution in [-0.4, -0.2) is 26.5 Å². The van der Waals surface area contributed by atoms with Crippen molar-refractivity contribution in [3.05, 3.63) is 26.0 Å². The molecule has 18 heavy (non-hydrogen) atoms. The van der Waals surface area contributed by atoms with Gasteiger partial charge in [0.2, 0.25) is 11.2 Å². The van der Waals surface area contributed by atoms with Gasteiger partial charge in [0, 0.05) is 11.1 Å². The molecule has 2 aromatic heterocycles. The molecule has 0 spiro atoms. The van der Waals surface area contributed by atoms with E-state index in [1.165, 1.54) is 0 Å². The molecule has 2 rings (SSSR count). The normalized spacial score (nSPS) is 10.3. The highest BCUT2D eigenvalue weighted by Gasteiger charge is 2.05. The van der Waals surface area contributed by atoms with Crippen molar-refractivity contribution in [2.75, 3.05) is 11.9 Å². The number of rotatable bonds is 5. The maximum absolute atomic E-state index is 10.9. The first-order valence-electron chi connectivity index (χ1n) is 5.12. The summed E-state index contributed by atoms with van der Waals surface area (Å²) in [5, 5.41) is 4.70. The summed E-state index contributed by atoms with van der Waals surface area (Å²) in [5.74, 6) is 0.297. The van der Waals surface area contributed by atoms with Crippen molar-refractivity contribution in [2.45, 2.75) is 13.5 Å². The van der Waals surface area contributed by atoms with Gasteiger partial charge in [0.15, 0.2) is 0 Å². The Balaban J connectivity index is 2.06. The van der Waals surface area contributed by atoms with Crippen molar-refractivity contribution in [2.24, 2.45) is 0 Å². The van der Waals surface area contributed by atoms with Crippen molar-refractivity contribution >= 4 is 28.9 Å². The van der Waals surface area contributed by atoms with Gasteiger partial charge in [-0.1, -0.05) is 11.3 Å². The lowest BCUT2D eigenvalue weighted by Crippen LogP contribution is -2.08. The van der Waals surface area contributed by atoms with Crippen molar-refractivity contribution < 1.29 is 4.74 Å². The lowest BCUT2D eigenvalue weighted by atomic mass is 10.5. The first-order valence-corrected chi connectivity index (χ1v) is 6.38. The summed E-state index contributed by atoms with van der Waals surface area (Å²) in [6.07, 6.45) is 0. The Labute approximate surface area is 111 Å². The van der Waals surface area contributed by atoms with Gasteiger partial charge in [-0.05, 0) is 18.5 Å².